The van der Waals surface area contributed by atoms with Gasteiger partial charge in [0, 0.05) is 5.56 Å². The summed E-state index contributed by atoms with van der Waals surface area (Å²) in [6.07, 6.45) is 2.39. The van der Waals surface area contributed by atoms with Crippen LogP contribution < -0.4 is 5.32 Å². The van der Waals surface area contributed by atoms with Crippen LogP contribution in [-0.4, -0.2) is 17.4 Å². The third-order valence-electron chi connectivity index (χ3n) is 3.41. The largest absolute Gasteiger partial charge is 0.446 e. The van der Waals surface area contributed by atoms with E-state index in [1.807, 2.05) is 37.3 Å². The van der Waals surface area contributed by atoms with Gasteiger partial charge in [-0.15, -0.1) is 0 Å². The molecular weight excluding hydrogens is 280 g/mol. The number of aromatic nitrogens is 1. The zero-order valence-corrected chi connectivity index (χ0v) is 13.3. The number of anilines is 1. The van der Waals surface area contributed by atoms with E-state index in [1.54, 1.807) is 6.92 Å². The minimum Gasteiger partial charge on any atom is -0.446 e. The Morgan fingerprint density at radius 1 is 1.36 bits per heavy atom. The summed E-state index contributed by atoms with van der Waals surface area (Å²) < 4.78 is 10.6. The van der Waals surface area contributed by atoms with E-state index in [4.69, 9.17) is 9.26 Å². The van der Waals surface area contributed by atoms with Gasteiger partial charge in [0.15, 0.2) is 5.76 Å². The average molecular weight is 302 g/mol. The molecule has 118 valence electrons. The summed E-state index contributed by atoms with van der Waals surface area (Å²) in [6.45, 7) is 5.77. The average Bonchev–Trinajstić information content (AvgIpc) is 2.87. The van der Waals surface area contributed by atoms with Crippen LogP contribution in [0.2, 0.25) is 0 Å². The molecule has 0 radical (unpaired) electrons. The quantitative estimate of drug-likeness (QED) is 0.834. The molecule has 1 aromatic carbocycles. The van der Waals surface area contributed by atoms with Crippen molar-refractivity contribution in [3.63, 3.8) is 0 Å². The molecule has 2 aromatic rings. The van der Waals surface area contributed by atoms with Gasteiger partial charge in [0.25, 0.3) is 0 Å². The lowest BCUT2D eigenvalue weighted by Crippen LogP contribution is -2.20. The monoisotopic (exact) mass is 302 g/mol. The molecule has 0 aliphatic carbocycles. The smallest absolute Gasteiger partial charge is 0.412 e. The second-order valence-corrected chi connectivity index (χ2v) is 5.31. The topological polar surface area (TPSA) is 64.4 Å². The molecule has 0 bridgehead atoms. The van der Waals surface area contributed by atoms with E-state index in [1.165, 1.54) is 0 Å². The van der Waals surface area contributed by atoms with Crippen molar-refractivity contribution in [1.82, 2.24) is 5.16 Å². The van der Waals surface area contributed by atoms with Crippen molar-refractivity contribution in [2.75, 3.05) is 5.32 Å². The van der Waals surface area contributed by atoms with Crippen LogP contribution in [0.15, 0.2) is 34.9 Å². The number of ether oxygens (including phenoxy) is 1. The van der Waals surface area contributed by atoms with Crippen molar-refractivity contribution in [2.45, 2.75) is 46.1 Å². The fraction of sp³-hybridized carbons (Fsp3) is 0.412. The van der Waals surface area contributed by atoms with E-state index in [0.29, 0.717) is 17.1 Å². The molecule has 5 nitrogen and oxygen atoms in total. The van der Waals surface area contributed by atoms with Crippen LogP contribution in [0.5, 0.6) is 0 Å². The van der Waals surface area contributed by atoms with Crippen molar-refractivity contribution < 1.29 is 14.1 Å². The van der Waals surface area contributed by atoms with E-state index in [2.05, 4.69) is 17.4 Å². The molecule has 1 atom stereocenters. The Morgan fingerprint density at radius 3 is 2.77 bits per heavy atom. The van der Waals surface area contributed by atoms with Gasteiger partial charge in [-0.05, 0) is 20.3 Å². The number of aryl methyl sites for hydroxylation is 1. The third-order valence-corrected chi connectivity index (χ3v) is 3.41. The first kappa shape index (κ1) is 16.1. The highest BCUT2D eigenvalue weighted by Crippen LogP contribution is 2.30. The van der Waals surface area contributed by atoms with E-state index < -0.39 is 6.09 Å². The first-order chi connectivity index (χ1) is 10.6. The number of nitrogens with one attached hydrogen (secondary N) is 1. The predicted octanol–water partition coefficient (Wildman–Crippen LogP) is 4.78. The Morgan fingerprint density at radius 2 is 2.09 bits per heavy atom. The molecule has 1 unspecified atom stereocenters. The Balaban J connectivity index is 2.07. The zero-order valence-electron chi connectivity index (χ0n) is 13.3. The van der Waals surface area contributed by atoms with Gasteiger partial charge >= 0.3 is 6.09 Å². The van der Waals surface area contributed by atoms with Crippen molar-refractivity contribution in [3.8, 4) is 11.3 Å². The predicted molar refractivity (Wildman–Crippen MR) is 85.8 cm³/mol. The molecule has 1 heterocycles. The first-order valence-corrected chi connectivity index (χ1v) is 7.61. The SMILES string of the molecule is CCCCC(C)OC(=O)Nc1c(-c2ccccc2)noc1C. The number of nitrogens with zero attached hydrogens (tertiary/aromatic N) is 1. The van der Waals surface area contributed by atoms with Crippen LogP contribution in [0.3, 0.4) is 0 Å². The Labute approximate surface area is 130 Å². The molecule has 0 saturated heterocycles. The molecule has 0 fully saturated rings. The van der Waals surface area contributed by atoms with Gasteiger partial charge < -0.3 is 9.26 Å². The first-order valence-electron chi connectivity index (χ1n) is 7.61. The molecule has 22 heavy (non-hydrogen) atoms. The maximum atomic E-state index is 12.0. The van der Waals surface area contributed by atoms with Gasteiger partial charge in [0.2, 0.25) is 0 Å². The van der Waals surface area contributed by atoms with E-state index in [0.717, 1.165) is 24.8 Å². The second-order valence-electron chi connectivity index (χ2n) is 5.31. The van der Waals surface area contributed by atoms with Gasteiger partial charge in [0.1, 0.15) is 17.5 Å². The highest BCUT2D eigenvalue weighted by molar-refractivity contribution is 5.91. The third kappa shape index (κ3) is 4.10. The van der Waals surface area contributed by atoms with Gasteiger partial charge in [-0.3, -0.25) is 5.32 Å². The van der Waals surface area contributed by atoms with Crippen molar-refractivity contribution in [1.29, 1.82) is 0 Å². The molecule has 0 aliphatic rings. The number of hydrogen-bond donors (Lipinski definition) is 1. The number of amides is 1. The molecule has 0 aliphatic heterocycles. The van der Waals surface area contributed by atoms with Crippen molar-refractivity contribution in [3.05, 3.63) is 36.1 Å². The number of unbranched alkanes of at least 4 members (excludes halogenated alkanes) is 1. The zero-order chi connectivity index (χ0) is 15.9. The molecule has 1 aromatic heterocycles. The summed E-state index contributed by atoms with van der Waals surface area (Å²) in [4.78, 5) is 12.0. The Hall–Kier alpha value is -2.30. The lowest BCUT2D eigenvalue weighted by atomic mass is 10.1. The molecular formula is C17H22N2O3. The summed E-state index contributed by atoms with van der Waals surface area (Å²) >= 11 is 0. The summed E-state index contributed by atoms with van der Waals surface area (Å²) in [5.74, 6) is 0.553. The Bertz CT molecular complexity index is 608. The maximum Gasteiger partial charge on any atom is 0.412 e. The fourth-order valence-corrected chi connectivity index (χ4v) is 2.18. The van der Waals surface area contributed by atoms with Crippen LogP contribution >= 0.6 is 0 Å². The van der Waals surface area contributed by atoms with Gasteiger partial charge in [0.05, 0.1) is 0 Å². The number of benzene rings is 1. The van der Waals surface area contributed by atoms with Gasteiger partial charge in [-0.2, -0.15) is 0 Å². The van der Waals surface area contributed by atoms with Crippen molar-refractivity contribution in [2.24, 2.45) is 0 Å². The van der Waals surface area contributed by atoms with E-state index >= 15 is 0 Å². The highest BCUT2D eigenvalue weighted by atomic mass is 16.6. The summed E-state index contributed by atoms with van der Waals surface area (Å²) in [5.41, 5.74) is 2.05. The van der Waals surface area contributed by atoms with E-state index in [-0.39, 0.29) is 6.10 Å². The lowest BCUT2D eigenvalue weighted by Gasteiger charge is -2.13. The molecule has 1 N–H and O–H groups in total. The fourth-order valence-electron chi connectivity index (χ4n) is 2.18. The number of hydrogen-bond acceptors (Lipinski definition) is 4. The molecule has 0 saturated carbocycles. The minimum atomic E-state index is -0.480. The normalized spacial score (nSPS) is 12.0. The van der Waals surface area contributed by atoms with Crippen LogP contribution in [0.25, 0.3) is 11.3 Å². The summed E-state index contributed by atoms with van der Waals surface area (Å²) in [5, 5.41) is 6.77. The molecule has 1 amide bonds. The molecule has 5 heteroatoms. The van der Waals surface area contributed by atoms with Crippen LogP contribution in [-0.2, 0) is 4.74 Å². The molecule has 2 rings (SSSR count). The lowest BCUT2D eigenvalue weighted by molar-refractivity contribution is 0.114. The van der Waals surface area contributed by atoms with Crippen molar-refractivity contribution >= 4 is 11.8 Å². The van der Waals surface area contributed by atoms with E-state index in [9.17, 15) is 4.79 Å². The van der Waals surface area contributed by atoms with Gasteiger partial charge in [-0.25, -0.2) is 4.79 Å². The Kier molecular flexibility index (Phi) is 5.58. The summed E-state index contributed by atoms with van der Waals surface area (Å²) in [6, 6.07) is 9.57. The second kappa shape index (κ2) is 7.64. The minimum absolute atomic E-state index is 0.111. The maximum absolute atomic E-state index is 12.0. The number of carbonyl (C=O) groups is 1. The number of carbonyl (C=O) groups excluding carboxylic acids is 1. The number of rotatable bonds is 6. The summed E-state index contributed by atoms with van der Waals surface area (Å²) in [7, 11) is 0. The van der Waals surface area contributed by atoms with Crippen LogP contribution in [0.1, 0.15) is 38.9 Å². The van der Waals surface area contributed by atoms with Crippen LogP contribution in [0, 0.1) is 6.92 Å². The standard InChI is InChI=1S/C17H22N2O3/c1-4-5-9-12(2)21-17(20)18-15-13(3)22-19-16(15)14-10-7-6-8-11-14/h6-8,10-12H,4-5,9H2,1-3H3,(H,18,20). The van der Waals surface area contributed by atoms with Gasteiger partial charge in [-0.1, -0.05) is 55.3 Å². The van der Waals surface area contributed by atoms with Crippen LogP contribution in [0.4, 0.5) is 10.5 Å². The highest BCUT2D eigenvalue weighted by Gasteiger charge is 2.18. The molecule has 0 spiro atoms.